The molecule has 2 rings (SSSR count). The number of halogens is 3. The Morgan fingerprint density at radius 2 is 1.85 bits per heavy atom. The van der Waals surface area contributed by atoms with Gasteiger partial charge >= 0.3 is 6.18 Å². The molecular formula is C16H25F3N4O3S. The molecule has 11 heteroatoms. The van der Waals surface area contributed by atoms with Crippen LogP contribution in [0.15, 0.2) is 12.1 Å². The monoisotopic (exact) mass is 410 g/mol. The standard InChI is InChI=1S/C16H25F3N4O3S/c1-11(2)27(24,25)23-13-5-3-12(4-6-13)9-20-14-7-8-15(22-21-14)26-10-16(17,18)19/h7-8,11-13,23H,3-6,9-10H2,1-2H3,(H,20,21). The summed E-state index contributed by atoms with van der Waals surface area (Å²) in [6, 6.07) is 2.82. The summed E-state index contributed by atoms with van der Waals surface area (Å²) in [7, 11) is -3.25. The second kappa shape index (κ2) is 9.05. The van der Waals surface area contributed by atoms with Gasteiger partial charge in [0.25, 0.3) is 0 Å². The zero-order chi connectivity index (χ0) is 20.1. The van der Waals surface area contributed by atoms with Crippen LogP contribution in [0.3, 0.4) is 0 Å². The number of anilines is 1. The number of rotatable bonds is 8. The molecule has 0 aromatic carbocycles. The molecule has 0 unspecified atom stereocenters. The summed E-state index contributed by atoms with van der Waals surface area (Å²) in [4.78, 5) is 0. The highest BCUT2D eigenvalue weighted by Gasteiger charge is 2.29. The molecule has 0 saturated heterocycles. The van der Waals surface area contributed by atoms with Gasteiger partial charge in [-0.2, -0.15) is 13.2 Å². The first kappa shape index (κ1) is 21.7. The third kappa shape index (κ3) is 7.49. The van der Waals surface area contributed by atoms with E-state index in [2.05, 4.69) is 25.0 Å². The number of alkyl halides is 3. The molecule has 154 valence electrons. The van der Waals surface area contributed by atoms with Crippen LogP contribution >= 0.6 is 0 Å². The molecule has 2 N–H and O–H groups in total. The van der Waals surface area contributed by atoms with Crippen LogP contribution in [0.2, 0.25) is 0 Å². The summed E-state index contributed by atoms with van der Waals surface area (Å²) in [5.41, 5.74) is 0. The quantitative estimate of drug-likeness (QED) is 0.685. The Kier molecular flexibility index (Phi) is 7.26. The summed E-state index contributed by atoms with van der Waals surface area (Å²) in [5.74, 6) is 0.639. The van der Waals surface area contributed by atoms with E-state index in [1.54, 1.807) is 13.8 Å². The average Bonchev–Trinajstić information content (AvgIpc) is 2.59. The molecular weight excluding hydrogens is 385 g/mol. The van der Waals surface area contributed by atoms with Crippen LogP contribution in [0.4, 0.5) is 19.0 Å². The van der Waals surface area contributed by atoms with Gasteiger partial charge in [0.15, 0.2) is 6.61 Å². The number of aromatic nitrogens is 2. The first-order chi connectivity index (χ1) is 12.5. The van der Waals surface area contributed by atoms with E-state index in [0.29, 0.717) is 18.3 Å². The predicted octanol–water partition coefficient (Wildman–Crippen LogP) is 2.72. The highest BCUT2D eigenvalue weighted by molar-refractivity contribution is 7.90. The lowest BCUT2D eigenvalue weighted by Gasteiger charge is -2.29. The van der Waals surface area contributed by atoms with Gasteiger partial charge in [0.2, 0.25) is 15.9 Å². The van der Waals surface area contributed by atoms with Crippen LogP contribution in [0.5, 0.6) is 5.88 Å². The highest BCUT2D eigenvalue weighted by atomic mass is 32.2. The summed E-state index contributed by atoms with van der Waals surface area (Å²) in [6.45, 7) is 2.54. The Morgan fingerprint density at radius 3 is 2.37 bits per heavy atom. The maximum atomic E-state index is 12.1. The highest BCUT2D eigenvalue weighted by Crippen LogP contribution is 2.25. The molecule has 7 nitrogen and oxygen atoms in total. The largest absolute Gasteiger partial charge is 0.467 e. The van der Waals surface area contributed by atoms with Gasteiger partial charge in [-0.15, -0.1) is 10.2 Å². The Morgan fingerprint density at radius 1 is 1.19 bits per heavy atom. The fourth-order valence-electron chi connectivity index (χ4n) is 2.75. The lowest BCUT2D eigenvalue weighted by molar-refractivity contribution is -0.154. The van der Waals surface area contributed by atoms with Crippen molar-refractivity contribution < 1.29 is 26.3 Å². The van der Waals surface area contributed by atoms with Crippen molar-refractivity contribution in [3.63, 3.8) is 0 Å². The van der Waals surface area contributed by atoms with E-state index in [4.69, 9.17) is 0 Å². The summed E-state index contributed by atoms with van der Waals surface area (Å²) < 4.78 is 67.3. The Hall–Kier alpha value is -1.62. The van der Waals surface area contributed by atoms with E-state index in [1.807, 2.05) is 0 Å². The maximum absolute atomic E-state index is 12.1. The number of hydrogen-bond acceptors (Lipinski definition) is 6. The minimum Gasteiger partial charge on any atom is -0.467 e. The number of hydrogen-bond donors (Lipinski definition) is 2. The lowest BCUT2D eigenvalue weighted by Crippen LogP contribution is -2.41. The van der Waals surface area contributed by atoms with Crippen molar-refractivity contribution in [1.29, 1.82) is 0 Å². The van der Waals surface area contributed by atoms with Crippen molar-refractivity contribution >= 4 is 15.8 Å². The van der Waals surface area contributed by atoms with E-state index in [9.17, 15) is 21.6 Å². The van der Waals surface area contributed by atoms with Crippen molar-refractivity contribution in [3.05, 3.63) is 12.1 Å². The van der Waals surface area contributed by atoms with Crippen molar-refractivity contribution in [3.8, 4) is 5.88 Å². The maximum Gasteiger partial charge on any atom is 0.422 e. The average molecular weight is 410 g/mol. The van der Waals surface area contributed by atoms with E-state index < -0.39 is 28.1 Å². The van der Waals surface area contributed by atoms with Crippen LogP contribution in [0.1, 0.15) is 39.5 Å². The van der Waals surface area contributed by atoms with Crippen LogP contribution in [-0.2, 0) is 10.0 Å². The summed E-state index contributed by atoms with van der Waals surface area (Å²) in [5, 5.41) is 10.1. The van der Waals surface area contributed by atoms with Gasteiger partial charge < -0.3 is 10.1 Å². The van der Waals surface area contributed by atoms with Crippen molar-refractivity contribution in [1.82, 2.24) is 14.9 Å². The third-order valence-corrected chi connectivity index (χ3v) is 6.30. The van der Waals surface area contributed by atoms with E-state index in [1.165, 1.54) is 12.1 Å². The van der Waals surface area contributed by atoms with Gasteiger partial charge in [0.1, 0.15) is 5.82 Å². The minimum atomic E-state index is -4.42. The second-order valence-electron chi connectivity index (χ2n) is 6.97. The van der Waals surface area contributed by atoms with Gasteiger partial charge in [-0.1, -0.05) is 0 Å². The fraction of sp³-hybridized carbons (Fsp3) is 0.750. The molecule has 1 heterocycles. The van der Waals surface area contributed by atoms with E-state index in [0.717, 1.165) is 25.7 Å². The molecule has 0 atom stereocenters. The fourth-order valence-corrected chi connectivity index (χ4v) is 3.72. The molecule has 0 spiro atoms. The molecule has 1 aromatic heterocycles. The Bertz CT molecular complexity index is 688. The number of ether oxygens (including phenoxy) is 1. The van der Waals surface area contributed by atoms with E-state index in [-0.39, 0.29) is 11.9 Å². The first-order valence-corrected chi connectivity index (χ1v) is 10.4. The third-order valence-electron chi connectivity index (χ3n) is 4.39. The minimum absolute atomic E-state index is 0.0292. The molecule has 0 aliphatic heterocycles. The normalized spacial score (nSPS) is 21.3. The van der Waals surface area contributed by atoms with Gasteiger partial charge in [0, 0.05) is 18.7 Å². The van der Waals surface area contributed by atoms with Crippen molar-refractivity contribution in [2.45, 2.75) is 57.0 Å². The van der Waals surface area contributed by atoms with Gasteiger partial charge in [-0.05, 0) is 51.5 Å². The van der Waals surface area contributed by atoms with Gasteiger partial charge in [-0.25, -0.2) is 13.1 Å². The van der Waals surface area contributed by atoms with Gasteiger partial charge in [-0.3, -0.25) is 0 Å². The van der Waals surface area contributed by atoms with Crippen molar-refractivity contribution in [2.75, 3.05) is 18.5 Å². The van der Waals surface area contributed by atoms with Gasteiger partial charge in [0.05, 0.1) is 5.25 Å². The van der Waals surface area contributed by atoms with Crippen molar-refractivity contribution in [2.24, 2.45) is 5.92 Å². The molecule has 1 aromatic rings. The predicted molar refractivity (Wildman–Crippen MR) is 95.0 cm³/mol. The molecule has 1 saturated carbocycles. The van der Waals surface area contributed by atoms with Crippen LogP contribution < -0.4 is 14.8 Å². The Labute approximate surface area is 157 Å². The lowest BCUT2D eigenvalue weighted by atomic mass is 9.86. The molecule has 1 aliphatic carbocycles. The molecule has 0 amide bonds. The molecule has 27 heavy (non-hydrogen) atoms. The molecule has 0 radical (unpaired) electrons. The second-order valence-corrected chi connectivity index (χ2v) is 9.24. The molecule has 0 bridgehead atoms. The zero-order valence-electron chi connectivity index (χ0n) is 15.3. The van der Waals surface area contributed by atoms with Crippen LogP contribution in [0.25, 0.3) is 0 Å². The smallest absolute Gasteiger partial charge is 0.422 e. The zero-order valence-corrected chi connectivity index (χ0v) is 16.1. The topological polar surface area (TPSA) is 93.2 Å². The summed E-state index contributed by atoms with van der Waals surface area (Å²) in [6.07, 6.45) is -1.12. The number of nitrogens with one attached hydrogen (secondary N) is 2. The molecule has 1 fully saturated rings. The Balaban J connectivity index is 1.72. The van der Waals surface area contributed by atoms with Crippen LogP contribution in [0, 0.1) is 5.92 Å². The SMILES string of the molecule is CC(C)S(=O)(=O)NC1CCC(CNc2ccc(OCC(F)(F)F)nn2)CC1. The number of nitrogens with zero attached hydrogens (tertiary/aromatic N) is 2. The molecule has 1 aliphatic rings. The van der Waals surface area contributed by atoms with E-state index >= 15 is 0 Å². The summed E-state index contributed by atoms with van der Waals surface area (Å²) >= 11 is 0. The number of sulfonamides is 1. The van der Waals surface area contributed by atoms with Crippen LogP contribution in [-0.4, -0.2) is 49.2 Å². The first-order valence-electron chi connectivity index (χ1n) is 8.83.